The lowest BCUT2D eigenvalue weighted by Gasteiger charge is -2.04. The van der Waals surface area contributed by atoms with Gasteiger partial charge in [0.15, 0.2) is 0 Å². The van der Waals surface area contributed by atoms with Crippen LogP contribution in [0.15, 0.2) is 47.3 Å². The maximum atomic E-state index is 11.6. The van der Waals surface area contributed by atoms with Crippen LogP contribution < -0.4 is 11.1 Å². The van der Waals surface area contributed by atoms with Gasteiger partial charge in [-0.25, -0.2) is 0 Å². The second-order valence-corrected chi connectivity index (χ2v) is 4.15. The summed E-state index contributed by atoms with van der Waals surface area (Å²) < 4.78 is 4.92. The monoisotopic (exact) mass is 244 g/mol. The largest absolute Gasteiger partial charge is 0.472 e. The van der Waals surface area contributed by atoms with Crippen molar-refractivity contribution in [2.75, 3.05) is 5.73 Å². The molecule has 2 rings (SSSR count). The van der Waals surface area contributed by atoms with E-state index in [-0.39, 0.29) is 5.91 Å². The highest BCUT2D eigenvalue weighted by atomic mass is 16.3. The van der Waals surface area contributed by atoms with Crippen molar-refractivity contribution < 1.29 is 9.21 Å². The summed E-state index contributed by atoms with van der Waals surface area (Å²) in [5.41, 5.74) is 8.45. The van der Waals surface area contributed by atoms with Gasteiger partial charge in [0.1, 0.15) is 0 Å². The Labute approximate surface area is 106 Å². The Kier molecular flexibility index (Phi) is 4.02. The van der Waals surface area contributed by atoms with Crippen molar-refractivity contribution in [2.45, 2.75) is 19.4 Å². The molecule has 4 nitrogen and oxygen atoms in total. The molecule has 0 aliphatic carbocycles. The summed E-state index contributed by atoms with van der Waals surface area (Å²) in [6.45, 7) is 0.506. The van der Waals surface area contributed by atoms with Crippen LogP contribution in [0.25, 0.3) is 0 Å². The van der Waals surface area contributed by atoms with Crippen molar-refractivity contribution >= 4 is 11.6 Å². The number of carbonyl (C=O) groups is 1. The minimum Gasteiger partial charge on any atom is -0.472 e. The zero-order valence-corrected chi connectivity index (χ0v) is 10.1. The molecule has 0 spiro atoms. The zero-order chi connectivity index (χ0) is 12.8. The number of nitrogens with one attached hydrogen (secondary N) is 1. The molecule has 2 aromatic rings. The molecule has 0 unspecified atom stereocenters. The SMILES string of the molecule is Nc1cccc(CCC(=O)NCc2ccoc2)c1. The first-order chi connectivity index (χ1) is 8.74. The van der Waals surface area contributed by atoms with Crippen LogP contribution in [0.2, 0.25) is 0 Å². The van der Waals surface area contributed by atoms with Crippen LogP contribution in [0.5, 0.6) is 0 Å². The van der Waals surface area contributed by atoms with Crippen molar-refractivity contribution in [1.29, 1.82) is 0 Å². The number of amides is 1. The van der Waals surface area contributed by atoms with Gasteiger partial charge in [-0.05, 0) is 30.2 Å². The summed E-state index contributed by atoms with van der Waals surface area (Å²) in [7, 11) is 0. The van der Waals surface area contributed by atoms with Crippen molar-refractivity contribution in [3.05, 3.63) is 54.0 Å². The molecule has 0 atom stereocenters. The lowest BCUT2D eigenvalue weighted by molar-refractivity contribution is -0.121. The molecule has 1 aromatic carbocycles. The summed E-state index contributed by atoms with van der Waals surface area (Å²) >= 11 is 0. The van der Waals surface area contributed by atoms with E-state index in [0.717, 1.165) is 16.8 Å². The van der Waals surface area contributed by atoms with Crippen molar-refractivity contribution in [3.8, 4) is 0 Å². The van der Waals surface area contributed by atoms with Gasteiger partial charge in [-0.3, -0.25) is 4.79 Å². The fourth-order valence-electron chi connectivity index (χ4n) is 1.69. The Balaban J connectivity index is 1.75. The van der Waals surface area contributed by atoms with Gasteiger partial charge in [0, 0.05) is 24.2 Å². The molecule has 18 heavy (non-hydrogen) atoms. The Morgan fingerprint density at radius 1 is 1.28 bits per heavy atom. The predicted molar refractivity (Wildman–Crippen MR) is 69.7 cm³/mol. The first kappa shape index (κ1) is 12.2. The molecule has 1 aromatic heterocycles. The Morgan fingerprint density at radius 2 is 2.17 bits per heavy atom. The molecule has 3 N–H and O–H groups in total. The normalized spacial score (nSPS) is 10.2. The van der Waals surface area contributed by atoms with Gasteiger partial charge < -0.3 is 15.5 Å². The molecule has 0 aliphatic rings. The van der Waals surface area contributed by atoms with Crippen LogP contribution in [0.3, 0.4) is 0 Å². The number of benzene rings is 1. The van der Waals surface area contributed by atoms with E-state index < -0.39 is 0 Å². The average Bonchev–Trinajstić information content (AvgIpc) is 2.87. The van der Waals surface area contributed by atoms with Crippen molar-refractivity contribution in [3.63, 3.8) is 0 Å². The molecular formula is C14H16N2O2. The van der Waals surface area contributed by atoms with E-state index in [2.05, 4.69) is 5.32 Å². The van der Waals surface area contributed by atoms with Gasteiger partial charge in [0.2, 0.25) is 5.91 Å². The maximum Gasteiger partial charge on any atom is 0.220 e. The number of furan rings is 1. The van der Waals surface area contributed by atoms with E-state index in [4.69, 9.17) is 10.2 Å². The average molecular weight is 244 g/mol. The van der Waals surface area contributed by atoms with Crippen LogP contribution in [0.1, 0.15) is 17.5 Å². The van der Waals surface area contributed by atoms with Crippen LogP contribution in [-0.4, -0.2) is 5.91 Å². The van der Waals surface area contributed by atoms with Gasteiger partial charge in [0.25, 0.3) is 0 Å². The highest BCUT2D eigenvalue weighted by molar-refractivity contribution is 5.76. The lowest BCUT2D eigenvalue weighted by atomic mass is 10.1. The highest BCUT2D eigenvalue weighted by Gasteiger charge is 2.03. The number of hydrogen-bond acceptors (Lipinski definition) is 3. The Hall–Kier alpha value is -2.23. The van der Waals surface area contributed by atoms with Crippen molar-refractivity contribution in [1.82, 2.24) is 5.32 Å². The summed E-state index contributed by atoms with van der Waals surface area (Å²) in [5, 5.41) is 2.84. The van der Waals surface area contributed by atoms with E-state index in [1.807, 2.05) is 30.3 Å². The minimum absolute atomic E-state index is 0.0265. The number of nitrogens with two attached hydrogens (primary N) is 1. The molecule has 94 valence electrons. The van der Waals surface area contributed by atoms with E-state index in [1.165, 1.54) is 0 Å². The van der Waals surface area contributed by atoms with Gasteiger partial charge in [-0.15, -0.1) is 0 Å². The van der Waals surface area contributed by atoms with E-state index in [1.54, 1.807) is 12.5 Å². The first-order valence-corrected chi connectivity index (χ1v) is 5.86. The number of aryl methyl sites for hydroxylation is 1. The highest BCUT2D eigenvalue weighted by Crippen LogP contribution is 2.08. The van der Waals surface area contributed by atoms with Crippen LogP contribution in [-0.2, 0) is 17.8 Å². The fraction of sp³-hybridized carbons (Fsp3) is 0.214. The first-order valence-electron chi connectivity index (χ1n) is 5.86. The van der Waals surface area contributed by atoms with Crippen LogP contribution in [0, 0.1) is 0 Å². The summed E-state index contributed by atoms with van der Waals surface area (Å²) in [5.74, 6) is 0.0265. The molecule has 4 heteroatoms. The topological polar surface area (TPSA) is 68.3 Å². The lowest BCUT2D eigenvalue weighted by Crippen LogP contribution is -2.22. The molecule has 0 radical (unpaired) electrons. The van der Waals surface area contributed by atoms with Gasteiger partial charge >= 0.3 is 0 Å². The number of hydrogen-bond donors (Lipinski definition) is 2. The van der Waals surface area contributed by atoms with Crippen LogP contribution >= 0.6 is 0 Å². The second-order valence-electron chi connectivity index (χ2n) is 4.15. The zero-order valence-electron chi connectivity index (χ0n) is 10.1. The third-order valence-corrected chi connectivity index (χ3v) is 2.66. The van der Waals surface area contributed by atoms with E-state index in [9.17, 15) is 4.79 Å². The van der Waals surface area contributed by atoms with Crippen LogP contribution in [0.4, 0.5) is 5.69 Å². The molecule has 1 heterocycles. The molecule has 0 saturated carbocycles. The van der Waals surface area contributed by atoms with E-state index >= 15 is 0 Å². The summed E-state index contributed by atoms with van der Waals surface area (Å²) in [4.78, 5) is 11.6. The minimum atomic E-state index is 0.0265. The smallest absolute Gasteiger partial charge is 0.220 e. The predicted octanol–water partition coefficient (Wildman–Crippen LogP) is 2.11. The molecule has 0 fully saturated rings. The number of anilines is 1. The van der Waals surface area contributed by atoms with Gasteiger partial charge in [0.05, 0.1) is 12.5 Å². The van der Waals surface area contributed by atoms with Crippen molar-refractivity contribution in [2.24, 2.45) is 0 Å². The standard InChI is InChI=1S/C14H16N2O2/c15-13-3-1-2-11(8-13)4-5-14(17)16-9-12-6-7-18-10-12/h1-3,6-8,10H,4-5,9,15H2,(H,16,17). The molecule has 1 amide bonds. The third-order valence-electron chi connectivity index (χ3n) is 2.66. The number of rotatable bonds is 5. The quantitative estimate of drug-likeness (QED) is 0.791. The second kappa shape index (κ2) is 5.91. The molecule has 0 bridgehead atoms. The molecular weight excluding hydrogens is 228 g/mol. The molecule has 0 saturated heterocycles. The van der Waals surface area contributed by atoms with E-state index in [0.29, 0.717) is 19.4 Å². The number of carbonyl (C=O) groups excluding carboxylic acids is 1. The fourth-order valence-corrected chi connectivity index (χ4v) is 1.69. The van der Waals surface area contributed by atoms with Gasteiger partial charge in [-0.2, -0.15) is 0 Å². The Morgan fingerprint density at radius 3 is 2.89 bits per heavy atom. The molecule has 0 aliphatic heterocycles. The Bertz CT molecular complexity index is 506. The number of nitrogen functional groups attached to an aromatic ring is 1. The third kappa shape index (κ3) is 3.66. The summed E-state index contributed by atoms with van der Waals surface area (Å²) in [6, 6.07) is 9.43. The maximum absolute atomic E-state index is 11.6. The van der Waals surface area contributed by atoms with Gasteiger partial charge in [-0.1, -0.05) is 12.1 Å². The summed E-state index contributed by atoms with van der Waals surface area (Å²) in [6.07, 6.45) is 4.37.